The van der Waals surface area contributed by atoms with Gasteiger partial charge in [-0.15, -0.1) is 0 Å². The van der Waals surface area contributed by atoms with Crippen LogP contribution in [0.15, 0.2) is 40.8 Å². The van der Waals surface area contributed by atoms with E-state index in [9.17, 15) is 10.1 Å². The highest BCUT2D eigenvalue weighted by Gasteiger charge is 2.23. The molecule has 0 aliphatic rings. The first-order valence-corrected chi connectivity index (χ1v) is 6.80. The van der Waals surface area contributed by atoms with Gasteiger partial charge >= 0.3 is 5.69 Å². The lowest BCUT2D eigenvalue weighted by atomic mass is 10.3. The Bertz CT molecular complexity index is 785. The number of fused-ring (bicyclic) bond motifs is 1. The fourth-order valence-corrected chi connectivity index (χ4v) is 2.71. The Kier molecular flexibility index (Phi) is 3.40. The second kappa shape index (κ2) is 5.37. The van der Waals surface area contributed by atoms with Crippen LogP contribution in [0.25, 0.3) is 11.0 Å². The molecule has 0 spiro atoms. The van der Waals surface area contributed by atoms with Gasteiger partial charge in [0.25, 0.3) is 0 Å². The average molecular weight is 302 g/mol. The molecule has 0 aliphatic heterocycles. The van der Waals surface area contributed by atoms with E-state index in [4.69, 9.17) is 0 Å². The number of nitrogens with one attached hydrogen (secondary N) is 2. The van der Waals surface area contributed by atoms with Crippen molar-refractivity contribution in [3.05, 3.63) is 40.7 Å². The van der Waals surface area contributed by atoms with Gasteiger partial charge in [-0.2, -0.15) is 0 Å². The van der Waals surface area contributed by atoms with Crippen molar-refractivity contribution >= 4 is 34.3 Å². The SMILES string of the molecule is CNc1ncnc(Sc2nc3ccccc3[nH]2)c1[N+](=O)[O-]. The van der Waals surface area contributed by atoms with Gasteiger partial charge in [0.2, 0.25) is 5.82 Å². The number of aromatic amines is 1. The summed E-state index contributed by atoms with van der Waals surface area (Å²) in [6.07, 6.45) is 1.28. The van der Waals surface area contributed by atoms with Crippen LogP contribution in [0.5, 0.6) is 0 Å². The van der Waals surface area contributed by atoms with Gasteiger partial charge in [-0.3, -0.25) is 10.1 Å². The quantitative estimate of drug-likeness (QED) is 0.432. The van der Waals surface area contributed by atoms with E-state index in [0.29, 0.717) is 5.16 Å². The summed E-state index contributed by atoms with van der Waals surface area (Å²) in [4.78, 5) is 26.0. The number of benzene rings is 1. The predicted octanol–water partition coefficient (Wildman–Crippen LogP) is 2.45. The van der Waals surface area contributed by atoms with E-state index >= 15 is 0 Å². The third-order valence-corrected chi connectivity index (χ3v) is 3.65. The molecule has 106 valence electrons. The van der Waals surface area contributed by atoms with Crippen LogP contribution in [0.3, 0.4) is 0 Å². The molecule has 9 heteroatoms. The molecule has 0 saturated carbocycles. The fourth-order valence-electron chi connectivity index (χ4n) is 1.85. The van der Waals surface area contributed by atoms with Gasteiger partial charge in [-0.05, 0) is 23.9 Å². The number of hydrogen-bond donors (Lipinski definition) is 2. The highest BCUT2D eigenvalue weighted by atomic mass is 32.2. The van der Waals surface area contributed by atoms with Crippen LogP contribution in [0.1, 0.15) is 0 Å². The highest BCUT2D eigenvalue weighted by Crippen LogP contribution is 2.35. The largest absolute Gasteiger partial charge is 0.367 e. The molecule has 21 heavy (non-hydrogen) atoms. The Balaban J connectivity index is 2.03. The molecule has 3 rings (SSSR count). The summed E-state index contributed by atoms with van der Waals surface area (Å²) in [5, 5.41) is 14.7. The Morgan fingerprint density at radius 2 is 2.14 bits per heavy atom. The van der Waals surface area contributed by atoms with Crippen molar-refractivity contribution in [3.63, 3.8) is 0 Å². The van der Waals surface area contributed by atoms with Crippen molar-refractivity contribution < 1.29 is 4.92 Å². The van der Waals surface area contributed by atoms with Gasteiger partial charge in [-0.25, -0.2) is 15.0 Å². The minimum atomic E-state index is -0.503. The zero-order chi connectivity index (χ0) is 14.8. The van der Waals surface area contributed by atoms with Crippen molar-refractivity contribution in [3.8, 4) is 0 Å². The summed E-state index contributed by atoms with van der Waals surface area (Å²) in [6, 6.07) is 7.52. The first-order chi connectivity index (χ1) is 10.2. The van der Waals surface area contributed by atoms with Crippen LogP contribution in [0.2, 0.25) is 0 Å². The lowest BCUT2D eigenvalue weighted by Gasteiger charge is -2.03. The molecule has 0 aliphatic carbocycles. The lowest BCUT2D eigenvalue weighted by molar-refractivity contribution is -0.387. The maximum absolute atomic E-state index is 11.2. The van der Waals surface area contributed by atoms with Crippen molar-refractivity contribution in [2.75, 3.05) is 12.4 Å². The number of para-hydroxylation sites is 2. The Morgan fingerprint density at radius 1 is 1.33 bits per heavy atom. The molecule has 0 radical (unpaired) electrons. The van der Waals surface area contributed by atoms with E-state index in [0.717, 1.165) is 22.8 Å². The number of hydrogen-bond acceptors (Lipinski definition) is 7. The molecular formula is C12H10N6O2S. The topological polar surface area (TPSA) is 110 Å². The monoisotopic (exact) mass is 302 g/mol. The van der Waals surface area contributed by atoms with Gasteiger partial charge in [0.05, 0.1) is 16.0 Å². The predicted molar refractivity (Wildman–Crippen MR) is 78.4 cm³/mol. The van der Waals surface area contributed by atoms with Crippen molar-refractivity contribution in [2.45, 2.75) is 10.2 Å². The molecule has 0 bridgehead atoms. The number of H-pyrrole nitrogens is 1. The van der Waals surface area contributed by atoms with Crippen molar-refractivity contribution in [1.29, 1.82) is 0 Å². The molecule has 2 heterocycles. The summed E-state index contributed by atoms with van der Waals surface area (Å²) < 4.78 is 0. The minimum absolute atomic E-state index is 0.162. The van der Waals surface area contributed by atoms with Crippen LogP contribution in [-0.2, 0) is 0 Å². The molecule has 2 aromatic heterocycles. The minimum Gasteiger partial charge on any atom is -0.367 e. The smallest absolute Gasteiger partial charge is 0.343 e. The van der Waals surface area contributed by atoms with Crippen LogP contribution < -0.4 is 5.32 Å². The first kappa shape index (κ1) is 13.3. The first-order valence-electron chi connectivity index (χ1n) is 5.99. The third-order valence-electron chi connectivity index (χ3n) is 2.77. The van der Waals surface area contributed by atoms with E-state index in [1.807, 2.05) is 24.3 Å². The van der Waals surface area contributed by atoms with E-state index in [1.54, 1.807) is 7.05 Å². The molecule has 8 nitrogen and oxygen atoms in total. The normalized spacial score (nSPS) is 10.7. The van der Waals surface area contributed by atoms with Gasteiger partial charge in [-0.1, -0.05) is 12.1 Å². The highest BCUT2D eigenvalue weighted by molar-refractivity contribution is 7.99. The third kappa shape index (κ3) is 2.50. The Morgan fingerprint density at radius 3 is 2.86 bits per heavy atom. The van der Waals surface area contributed by atoms with Gasteiger partial charge in [0, 0.05) is 7.05 Å². The number of anilines is 1. The number of rotatable bonds is 4. The number of imidazole rings is 1. The maximum Gasteiger partial charge on any atom is 0.343 e. The van der Waals surface area contributed by atoms with Gasteiger partial charge in [0.15, 0.2) is 10.2 Å². The molecule has 0 atom stereocenters. The van der Waals surface area contributed by atoms with E-state index in [2.05, 4.69) is 25.3 Å². The number of aromatic nitrogens is 4. The summed E-state index contributed by atoms with van der Waals surface area (Å²) in [6.45, 7) is 0. The van der Waals surface area contributed by atoms with E-state index in [-0.39, 0.29) is 16.5 Å². The van der Waals surface area contributed by atoms with Gasteiger partial charge in [0.1, 0.15) is 6.33 Å². The van der Waals surface area contributed by atoms with Crippen LogP contribution >= 0.6 is 11.8 Å². The summed E-state index contributed by atoms with van der Waals surface area (Å²) in [7, 11) is 1.57. The molecular weight excluding hydrogens is 292 g/mol. The van der Waals surface area contributed by atoms with Gasteiger partial charge < -0.3 is 10.3 Å². The molecule has 1 aromatic carbocycles. The number of nitro groups is 1. The summed E-state index contributed by atoms with van der Waals surface area (Å²) in [5.41, 5.74) is 1.50. The lowest BCUT2D eigenvalue weighted by Crippen LogP contribution is -2.02. The summed E-state index contributed by atoms with van der Waals surface area (Å²) in [5.74, 6) is 0.175. The average Bonchev–Trinajstić information content (AvgIpc) is 2.88. The Hall–Kier alpha value is -2.68. The second-order valence-corrected chi connectivity index (χ2v) is 5.02. The maximum atomic E-state index is 11.2. The zero-order valence-corrected chi connectivity index (χ0v) is 11.7. The van der Waals surface area contributed by atoms with E-state index in [1.165, 1.54) is 6.33 Å². The van der Waals surface area contributed by atoms with E-state index < -0.39 is 4.92 Å². The molecule has 0 fully saturated rings. The fraction of sp³-hybridized carbons (Fsp3) is 0.0833. The number of nitrogens with zero attached hydrogens (tertiary/aromatic N) is 4. The van der Waals surface area contributed by atoms with Crippen molar-refractivity contribution in [1.82, 2.24) is 19.9 Å². The molecule has 0 saturated heterocycles. The van der Waals surface area contributed by atoms with Crippen LogP contribution in [0.4, 0.5) is 11.5 Å². The molecule has 0 unspecified atom stereocenters. The molecule has 2 N–H and O–H groups in total. The Labute approximate surface area is 123 Å². The summed E-state index contributed by atoms with van der Waals surface area (Å²) >= 11 is 1.10. The van der Waals surface area contributed by atoms with Crippen molar-refractivity contribution in [2.24, 2.45) is 0 Å². The zero-order valence-electron chi connectivity index (χ0n) is 10.9. The second-order valence-electron chi connectivity index (χ2n) is 4.04. The molecule has 0 amide bonds. The molecule has 3 aromatic rings. The van der Waals surface area contributed by atoms with Crippen LogP contribution in [-0.4, -0.2) is 31.9 Å². The standard InChI is InChI=1S/C12H10N6O2S/c1-13-10-9(18(19)20)11(15-6-14-10)21-12-16-7-4-2-3-5-8(7)17-12/h2-6H,1H3,(H,16,17)(H,13,14,15). The van der Waals surface area contributed by atoms with Crippen LogP contribution in [0, 0.1) is 10.1 Å².